The van der Waals surface area contributed by atoms with Crippen LogP contribution in [0.15, 0.2) is 54.6 Å². The van der Waals surface area contributed by atoms with Gasteiger partial charge < -0.3 is 19.1 Å². The number of aliphatic hydroxyl groups is 1. The van der Waals surface area contributed by atoms with Gasteiger partial charge in [0.1, 0.15) is 0 Å². The van der Waals surface area contributed by atoms with Crippen LogP contribution < -0.4 is 0 Å². The molecule has 0 heterocycles. The van der Waals surface area contributed by atoms with E-state index in [4.69, 9.17) is 14.0 Å². The molecule has 5 nitrogen and oxygen atoms in total. The first-order valence-corrected chi connectivity index (χ1v) is 21.8. The van der Waals surface area contributed by atoms with Gasteiger partial charge in [-0.3, -0.25) is 4.79 Å². The number of allylic oxidation sites excluding steroid dienone is 2. The van der Waals surface area contributed by atoms with E-state index >= 15 is 0 Å². The predicted octanol–water partition coefficient (Wildman–Crippen LogP) is 9.15. The molecule has 1 fully saturated rings. The highest BCUT2D eigenvalue weighted by Crippen LogP contribution is 2.44. The van der Waals surface area contributed by atoms with E-state index < -0.39 is 28.7 Å². The first-order chi connectivity index (χ1) is 19.3. The van der Waals surface area contributed by atoms with Gasteiger partial charge in [0.25, 0.3) is 0 Å². The van der Waals surface area contributed by atoms with Gasteiger partial charge in [-0.25, -0.2) is 0 Å². The molecule has 7 heteroatoms. The van der Waals surface area contributed by atoms with Gasteiger partial charge in [0.2, 0.25) is 0 Å². The van der Waals surface area contributed by atoms with Crippen LogP contribution in [0.25, 0.3) is 0 Å². The van der Waals surface area contributed by atoms with E-state index in [0.29, 0.717) is 12.8 Å². The maximum Gasteiger partial charge on any atom is 0.303 e. The summed E-state index contributed by atoms with van der Waals surface area (Å²) in [6, 6.07) is 10.6. The molecule has 0 aromatic heterocycles. The van der Waals surface area contributed by atoms with Crippen molar-refractivity contribution in [1.29, 1.82) is 0 Å². The summed E-state index contributed by atoms with van der Waals surface area (Å²) in [6.45, 7) is 22.8. The summed E-state index contributed by atoms with van der Waals surface area (Å²) in [5.74, 6) is -0.619. The number of hydrogen-bond acceptors (Lipinski definition) is 4. The van der Waals surface area contributed by atoms with Crippen molar-refractivity contribution < 1.29 is 23.9 Å². The third-order valence-corrected chi connectivity index (χ3v) is 18.8. The van der Waals surface area contributed by atoms with Crippen LogP contribution in [0.4, 0.5) is 0 Å². The lowest BCUT2D eigenvalue weighted by Gasteiger charge is -2.40. The molecule has 0 radical (unpaired) electrons. The van der Waals surface area contributed by atoms with E-state index in [1.54, 1.807) is 0 Å². The first kappa shape index (κ1) is 36.7. The third-order valence-electron chi connectivity index (χ3n) is 9.84. The summed E-state index contributed by atoms with van der Waals surface area (Å²) in [7, 11) is -4.05. The van der Waals surface area contributed by atoms with E-state index in [1.807, 2.05) is 0 Å². The summed E-state index contributed by atoms with van der Waals surface area (Å²) < 4.78 is 13.9. The molecule has 2 N–H and O–H groups in total. The molecule has 0 spiro atoms. The maximum absolute atomic E-state index is 11.4. The van der Waals surface area contributed by atoms with Crippen molar-refractivity contribution in [2.24, 2.45) is 11.8 Å². The minimum absolute atomic E-state index is 0.0108. The minimum Gasteiger partial charge on any atom is -0.481 e. The fourth-order valence-electron chi connectivity index (χ4n) is 5.07. The van der Waals surface area contributed by atoms with Crippen LogP contribution in [-0.2, 0) is 20.1 Å². The largest absolute Gasteiger partial charge is 0.481 e. The Hall–Kier alpha value is -1.52. The zero-order chi connectivity index (χ0) is 31.8. The number of rotatable bonds is 15. The summed E-state index contributed by atoms with van der Waals surface area (Å²) in [6.07, 6.45) is 13.1. The van der Waals surface area contributed by atoms with Crippen molar-refractivity contribution in [1.82, 2.24) is 0 Å². The van der Waals surface area contributed by atoms with Crippen molar-refractivity contribution >= 4 is 22.6 Å². The van der Waals surface area contributed by atoms with Crippen LogP contribution in [-0.4, -0.2) is 51.1 Å². The number of carboxylic acids is 1. The number of benzene rings is 1. The second-order valence-electron chi connectivity index (χ2n) is 15.3. The molecule has 0 amide bonds. The number of carbonyl (C=O) groups is 1. The lowest BCUT2D eigenvalue weighted by Crippen LogP contribution is -2.45. The van der Waals surface area contributed by atoms with Crippen LogP contribution in [0.1, 0.15) is 85.6 Å². The fraction of sp³-hybridized carbons (Fsp3) is 0.686. The molecule has 0 saturated heterocycles. The average Bonchev–Trinajstić information content (AvgIpc) is 3.14. The van der Waals surface area contributed by atoms with Gasteiger partial charge in [0.15, 0.2) is 16.6 Å². The van der Waals surface area contributed by atoms with E-state index in [9.17, 15) is 9.90 Å². The molecular weight excluding hydrogens is 557 g/mol. The molecule has 1 aromatic carbocycles. The van der Waals surface area contributed by atoms with Crippen molar-refractivity contribution in [3.8, 4) is 0 Å². The van der Waals surface area contributed by atoms with Gasteiger partial charge in [0, 0.05) is 12.3 Å². The molecule has 1 aliphatic carbocycles. The number of aliphatic hydroxyl groups excluding tert-OH is 1. The molecular formula is C35H60O5Si2. The highest BCUT2D eigenvalue weighted by atomic mass is 28.4. The molecule has 1 aliphatic rings. The zero-order valence-electron chi connectivity index (χ0n) is 28.2. The Morgan fingerprint density at radius 1 is 1.00 bits per heavy atom. The number of hydrogen-bond donors (Lipinski definition) is 2. The second-order valence-corrected chi connectivity index (χ2v) is 24.8. The summed E-state index contributed by atoms with van der Waals surface area (Å²) >= 11 is 0. The quantitative estimate of drug-likeness (QED) is 0.117. The molecule has 5 atom stereocenters. The molecule has 1 aromatic rings. The highest BCUT2D eigenvalue weighted by Gasteiger charge is 2.47. The van der Waals surface area contributed by atoms with Crippen LogP contribution in [0.3, 0.4) is 0 Å². The number of unbranched alkanes of at least 4 members (excludes halogenated alkanes) is 1. The van der Waals surface area contributed by atoms with E-state index in [-0.39, 0.29) is 40.5 Å². The Morgan fingerprint density at radius 3 is 2.19 bits per heavy atom. The Labute approximate surface area is 259 Å². The zero-order valence-corrected chi connectivity index (χ0v) is 30.2. The van der Waals surface area contributed by atoms with Crippen LogP contribution in [0.5, 0.6) is 0 Å². The fourth-order valence-corrected chi connectivity index (χ4v) is 7.76. The van der Waals surface area contributed by atoms with Gasteiger partial charge >= 0.3 is 5.97 Å². The monoisotopic (exact) mass is 616 g/mol. The molecule has 2 rings (SSSR count). The number of aliphatic carboxylic acids is 1. The molecule has 0 unspecified atom stereocenters. The predicted molar refractivity (Wildman–Crippen MR) is 181 cm³/mol. The van der Waals surface area contributed by atoms with Gasteiger partial charge in [-0.1, -0.05) is 96.2 Å². The van der Waals surface area contributed by atoms with Crippen molar-refractivity contribution in [3.05, 3.63) is 60.2 Å². The standard InChI is InChI=1S/C35H60O5Si2/c1-34(2,3)41(7,8)39-28(23-22-27-18-14-13-15-19-27)24-25-29-30(20-16-11-12-17-21-33(37)38)32(26-31(29)36)40-42(9,10)35(4,5)6/h11,13-16,18-19,24-25,28-32,36H,12,17,20-23,26H2,1-10H3,(H,37,38)/t28-,29+,30+,31+,32-/m0/s1. The van der Waals surface area contributed by atoms with E-state index in [2.05, 4.69) is 122 Å². The third kappa shape index (κ3) is 11.2. The lowest BCUT2D eigenvalue weighted by atomic mass is 9.89. The second kappa shape index (κ2) is 15.5. The average molecular weight is 617 g/mol. The topological polar surface area (TPSA) is 76.0 Å². The molecule has 0 bridgehead atoms. The number of aryl methyl sites for hydroxylation is 1. The normalized spacial score (nSPS) is 23.2. The first-order valence-electron chi connectivity index (χ1n) is 16.0. The van der Waals surface area contributed by atoms with Crippen LogP contribution >= 0.6 is 0 Å². The van der Waals surface area contributed by atoms with Gasteiger partial charge in [-0.15, -0.1) is 0 Å². The molecule has 238 valence electrons. The molecule has 42 heavy (non-hydrogen) atoms. The van der Waals surface area contributed by atoms with Crippen molar-refractivity contribution in [2.45, 2.75) is 141 Å². The summed E-state index contributed by atoms with van der Waals surface area (Å²) in [5.41, 5.74) is 1.31. The van der Waals surface area contributed by atoms with Crippen molar-refractivity contribution in [3.63, 3.8) is 0 Å². The Balaban J connectivity index is 2.31. The molecule has 0 aliphatic heterocycles. The summed E-state index contributed by atoms with van der Waals surface area (Å²) in [5, 5.41) is 20.5. The number of carboxylic acid groups (broad SMARTS) is 1. The summed E-state index contributed by atoms with van der Waals surface area (Å²) in [4.78, 5) is 10.9. The minimum atomic E-state index is -2.04. The highest BCUT2D eigenvalue weighted by molar-refractivity contribution is 6.74. The van der Waals surface area contributed by atoms with Gasteiger partial charge in [-0.05, 0) is 86.3 Å². The van der Waals surface area contributed by atoms with E-state index in [1.165, 1.54) is 5.56 Å². The van der Waals surface area contributed by atoms with Crippen LogP contribution in [0.2, 0.25) is 36.3 Å². The van der Waals surface area contributed by atoms with Gasteiger partial charge in [-0.2, -0.15) is 0 Å². The Morgan fingerprint density at radius 2 is 1.62 bits per heavy atom. The Kier molecular flexibility index (Phi) is 13.5. The lowest BCUT2D eigenvalue weighted by molar-refractivity contribution is -0.137. The Bertz CT molecular complexity index is 1020. The van der Waals surface area contributed by atoms with Gasteiger partial charge in [0.05, 0.1) is 18.3 Å². The maximum atomic E-state index is 11.4. The van der Waals surface area contributed by atoms with E-state index in [0.717, 1.165) is 25.7 Å². The van der Waals surface area contributed by atoms with Crippen LogP contribution in [0, 0.1) is 11.8 Å². The molecule has 1 saturated carbocycles. The van der Waals surface area contributed by atoms with Crippen molar-refractivity contribution in [2.75, 3.05) is 0 Å². The smallest absolute Gasteiger partial charge is 0.303 e. The SMILES string of the molecule is CC(C)(C)[Si](C)(C)O[C@H](C=C[C@@H]1[C@@H](CC=CCCCC(=O)O)[C@@H](O[Si](C)(C)C(C)(C)C)C[C@H]1O)CCc1ccccc1.